The van der Waals surface area contributed by atoms with Crippen molar-refractivity contribution in [3.63, 3.8) is 0 Å². The molecule has 1 saturated heterocycles. The van der Waals surface area contributed by atoms with E-state index in [2.05, 4.69) is 14.3 Å². The summed E-state index contributed by atoms with van der Waals surface area (Å²) in [5.41, 5.74) is -0.892. The minimum atomic E-state index is -4.14. The van der Waals surface area contributed by atoms with E-state index in [0.29, 0.717) is 5.56 Å². The summed E-state index contributed by atoms with van der Waals surface area (Å²) in [6.07, 6.45) is -1.47. The van der Waals surface area contributed by atoms with Crippen LogP contribution in [0, 0.1) is 6.92 Å². The highest BCUT2D eigenvalue weighted by molar-refractivity contribution is 7.84. The number of aromatic amines is 1. The highest BCUT2D eigenvalue weighted by Gasteiger charge is 2.36. The first-order chi connectivity index (χ1) is 9.67. The molecular formula is C10H15N3O7S. The molecule has 0 aromatic carbocycles. The van der Waals surface area contributed by atoms with E-state index in [9.17, 15) is 23.1 Å². The fraction of sp³-hybridized carbons (Fsp3) is 0.600. The lowest BCUT2D eigenvalue weighted by Gasteiger charge is -2.15. The summed E-state index contributed by atoms with van der Waals surface area (Å²) in [4.78, 5) is 25.1. The normalized spacial score (nSPS) is 26.1. The van der Waals surface area contributed by atoms with E-state index in [1.165, 1.54) is 13.1 Å². The minimum absolute atomic E-state index is 0.0457. The number of aryl methyl sites for hydroxylation is 1. The highest BCUT2D eigenvalue weighted by Crippen LogP contribution is 2.27. The molecular weight excluding hydrogens is 306 g/mol. The highest BCUT2D eigenvalue weighted by atomic mass is 32.2. The largest absolute Gasteiger partial charge is 0.390 e. The van der Waals surface area contributed by atoms with Gasteiger partial charge in [0.15, 0.2) is 0 Å². The fourth-order valence-electron chi connectivity index (χ4n) is 2.00. The minimum Gasteiger partial charge on any atom is -0.390 e. The molecule has 1 fully saturated rings. The standard InChI is InChI=1S/C10H15N3O7S/c1-5-3-13(10(16)12-9(5)15)8-2-6(14)7(20-8)4-19-21(11,17)18/h3,6-8,14H,2,4H2,1H3,(H2,11,17,18)(H,12,15,16)/t6-,7+,8+/m0/s1. The van der Waals surface area contributed by atoms with E-state index in [1.807, 2.05) is 0 Å². The van der Waals surface area contributed by atoms with Crippen LogP contribution >= 0.6 is 0 Å². The number of hydrogen-bond acceptors (Lipinski definition) is 7. The second-order valence-electron chi connectivity index (χ2n) is 4.69. The van der Waals surface area contributed by atoms with Gasteiger partial charge in [0, 0.05) is 18.2 Å². The smallest absolute Gasteiger partial charge is 0.333 e. The first kappa shape index (κ1) is 15.9. The molecule has 118 valence electrons. The lowest BCUT2D eigenvalue weighted by Crippen LogP contribution is -2.33. The van der Waals surface area contributed by atoms with Gasteiger partial charge >= 0.3 is 16.0 Å². The third-order valence-corrected chi connectivity index (χ3v) is 3.52. The van der Waals surface area contributed by atoms with Crippen LogP contribution in [0.3, 0.4) is 0 Å². The van der Waals surface area contributed by atoms with Gasteiger partial charge in [0.25, 0.3) is 5.56 Å². The molecule has 0 radical (unpaired) electrons. The third kappa shape index (κ3) is 3.77. The average Bonchev–Trinajstić information content (AvgIpc) is 2.72. The van der Waals surface area contributed by atoms with Crippen molar-refractivity contribution < 1.29 is 22.4 Å². The third-order valence-electron chi connectivity index (χ3n) is 3.06. The maximum atomic E-state index is 11.7. The second-order valence-corrected chi connectivity index (χ2v) is 5.91. The Balaban J connectivity index is 2.16. The maximum absolute atomic E-state index is 11.7. The summed E-state index contributed by atoms with van der Waals surface area (Å²) < 4.78 is 32.3. The summed E-state index contributed by atoms with van der Waals surface area (Å²) >= 11 is 0. The molecule has 0 aliphatic carbocycles. The average molecular weight is 321 g/mol. The molecule has 3 atom stereocenters. The number of aliphatic hydroxyl groups excluding tert-OH is 1. The van der Waals surface area contributed by atoms with E-state index >= 15 is 0 Å². The predicted octanol–water partition coefficient (Wildman–Crippen LogP) is -2.29. The van der Waals surface area contributed by atoms with Crippen LogP contribution in [0.4, 0.5) is 0 Å². The van der Waals surface area contributed by atoms with Gasteiger partial charge in [-0.1, -0.05) is 0 Å². The Kier molecular flexibility index (Phi) is 4.30. The Morgan fingerprint density at radius 1 is 1.57 bits per heavy atom. The van der Waals surface area contributed by atoms with Gasteiger partial charge in [-0.05, 0) is 6.92 Å². The van der Waals surface area contributed by atoms with Crippen molar-refractivity contribution in [2.45, 2.75) is 31.8 Å². The SMILES string of the molecule is Cc1cn([C@H]2C[C@H](O)[C@@H](COS(N)(=O)=O)O2)c(=O)[nH]c1=O. The van der Waals surface area contributed by atoms with Crippen LogP contribution in [-0.4, -0.2) is 41.9 Å². The number of aliphatic hydroxyl groups is 1. The molecule has 11 heteroatoms. The van der Waals surface area contributed by atoms with Crippen molar-refractivity contribution in [1.29, 1.82) is 0 Å². The molecule has 1 aliphatic rings. The molecule has 0 amide bonds. The summed E-state index contributed by atoms with van der Waals surface area (Å²) in [5.74, 6) is 0. The summed E-state index contributed by atoms with van der Waals surface area (Å²) in [5, 5.41) is 14.5. The van der Waals surface area contributed by atoms with Crippen LogP contribution in [-0.2, 0) is 19.2 Å². The van der Waals surface area contributed by atoms with Crippen LogP contribution in [0.15, 0.2) is 15.8 Å². The van der Waals surface area contributed by atoms with E-state index in [4.69, 9.17) is 4.74 Å². The van der Waals surface area contributed by atoms with Crippen LogP contribution in [0.1, 0.15) is 18.2 Å². The Bertz CT molecular complexity index is 738. The van der Waals surface area contributed by atoms with Crippen molar-refractivity contribution >= 4 is 10.3 Å². The van der Waals surface area contributed by atoms with Crippen molar-refractivity contribution in [2.24, 2.45) is 5.14 Å². The van der Waals surface area contributed by atoms with Gasteiger partial charge in [-0.25, -0.2) is 9.93 Å². The number of nitrogens with zero attached hydrogens (tertiary/aromatic N) is 1. The summed E-state index contributed by atoms with van der Waals surface area (Å²) in [7, 11) is -4.14. The van der Waals surface area contributed by atoms with Crippen molar-refractivity contribution in [1.82, 2.24) is 9.55 Å². The molecule has 2 rings (SSSR count). The zero-order valence-corrected chi connectivity index (χ0v) is 11.9. The van der Waals surface area contributed by atoms with Gasteiger partial charge in [0.1, 0.15) is 12.3 Å². The van der Waals surface area contributed by atoms with E-state index in [-0.39, 0.29) is 6.42 Å². The van der Waals surface area contributed by atoms with Crippen LogP contribution in [0.2, 0.25) is 0 Å². The van der Waals surface area contributed by atoms with Crippen LogP contribution in [0.25, 0.3) is 0 Å². The molecule has 1 aromatic heterocycles. The molecule has 0 bridgehead atoms. The fourth-order valence-corrected chi connectivity index (χ4v) is 2.32. The zero-order chi connectivity index (χ0) is 15.8. The topological polar surface area (TPSA) is 154 Å². The predicted molar refractivity (Wildman–Crippen MR) is 69.7 cm³/mol. The van der Waals surface area contributed by atoms with Crippen molar-refractivity contribution in [3.05, 3.63) is 32.6 Å². The second kappa shape index (κ2) is 5.69. The van der Waals surface area contributed by atoms with E-state index < -0.39 is 46.6 Å². The van der Waals surface area contributed by atoms with Gasteiger partial charge in [0.2, 0.25) is 0 Å². The Labute approximate surface area is 119 Å². The summed E-state index contributed by atoms with van der Waals surface area (Å²) in [6, 6.07) is 0. The number of aromatic nitrogens is 2. The van der Waals surface area contributed by atoms with Gasteiger partial charge in [0.05, 0.1) is 12.7 Å². The molecule has 0 saturated carbocycles. The van der Waals surface area contributed by atoms with Gasteiger partial charge in [-0.15, -0.1) is 0 Å². The van der Waals surface area contributed by atoms with Gasteiger partial charge < -0.3 is 9.84 Å². The van der Waals surface area contributed by atoms with Crippen LogP contribution < -0.4 is 16.4 Å². The van der Waals surface area contributed by atoms with Gasteiger partial charge in [-0.2, -0.15) is 8.42 Å². The van der Waals surface area contributed by atoms with Crippen LogP contribution in [0.5, 0.6) is 0 Å². The first-order valence-electron chi connectivity index (χ1n) is 6.00. The van der Waals surface area contributed by atoms with E-state index in [1.54, 1.807) is 0 Å². The number of rotatable bonds is 4. The number of nitrogens with one attached hydrogen (secondary N) is 1. The van der Waals surface area contributed by atoms with Crippen molar-refractivity contribution in [2.75, 3.05) is 6.61 Å². The molecule has 2 heterocycles. The number of ether oxygens (including phenoxy) is 1. The Morgan fingerprint density at radius 3 is 2.86 bits per heavy atom. The lowest BCUT2D eigenvalue weighted by atomic mass is 10.2. The molecule has 10 nitrogen and oxygen atoms in total. The number of H-pyrrole nitrogens is 1. The maximum Gasteiger partial charge on any atom is 0.333 e. The molecule has 0 spiro atoms. The van der Waals surface area contributed by atoms with E-state index in [0.717, 1.165) is 4.57 Å². The first-order valence-corrected chi connectivity index (χ1v) is 7.47. The van der Waals surface area contributed by atoms with Gasteiger partial charge in [-0.3, -0.25) is 18.5 Å². The Hall–Kier alpha value is -1.53. The number of hydrogen-bond donors (Lipinski definition) is 3. The summed E-state index contributed by atoms with van der Waals surface area (Å²) in [6.45, 7) is 1.05. The molecule has 4 N–H and O–H groups in total. The molecule has 21 heavy (non-hydrogen) atoms. The Morgan fingerprint density at radius 2 is 2.24 bits per heavy atom. The lowest BCUT2D eigenvalue weighted by molar-refractivity contribution is -0.0400. The number of nitrogens with two attached hydrogens (primary N) is 1. The quantitative estimate of drug-likeness (QED) is 0.564. The molecule has 1 aromatic rings. The van der Waals surface area contributed by atoms with Crippen molar-refractivity contribution in [3.8, 4) is 0 Å². The molecule has 1 aliphatic heterocycles. The zero-order valence-electron chi connectivity index (χ0n) is 11.1. The monoisotopic (exact) mass is 321 g/mol. The molecule has 0 unspecified atom stereocenters.